The lowest BCUT2D eigenvalue weighted by Gasteiger charge is -2.08. The second-order valence-electron chi connectivity index (χ2n) is 4.08. The van der Waals surface area contributed by atoms with Gasteiger partial charge in [-0.1, -0.05) is 0 Å². The van der Waals surface area contributed by atoms with Gasteiger partial charge in [0.05, 0.1) is 0 Å². The summed E-state index contributed by atoms with van der Waals surface area (Å²) in [5.41, 5.74) is 6.97. The van der Waals surface area contributed by atoms with Gasteiger partial charge < -0.3 is 16.2 Å². The minimum atomic E-state index is -0.398. The number of halogens is 1. The molecule has 2 aromatic carbocycles. The van der Waals surface area contributed by atoms with Crippen LogP contribution in [-0.2, 0) is 6.54 Å². The number of nitrogen functional groups attached to an aromatic ring is 1. The second kappa shape index (κ2) is 5.39. The third kappa shape index (κ3) is 3.22. The van der Waals surface area contributed by atoms with Gasteiger partial charge in [0.15, 0.2) is 0 Å². The molecule has 2 rings (SSSR count). The van der Waals surface area contributed by atoms with Crippen LogP contribution in [0.25, 0.3) is 0 Å². The van der Waals surface area contributed by atoms with Crippen molar-refractivity contribution in [2.75, 3.05) is 5.73 Å². The first kappa shape index (κ1) is 12.9. The van der Waals surface area contributed by atoms with Gasteiger partial charge in [-0.05, 0) is 42.5 Å². The predicted octanol–water partition coefficient (Wildman–Crippen LogP) is 2.04. The molecule has 0 aliphatic heterocycles. The van der Waals surface area contributed by atoms with Gasteiger partial charge >= 0.3 is 0 Å². The Morgan fingerprint density at radius 2 is 1.89 bits per heavy atom. The van der Waals surface area contributed by atoms with Crippen molar-refractivity contribution < 1.29 is 14.3 Å². The number of phenolic OH excluding ortho intramolecular Hbond substituents is 1. The highest BCUT2D eigenvalue weighted by Crippen LogP contribution is 2.19. The molecular formula is C14H13FN2O2. The maximum absolute atomic E-state index is 12.7. The number of carbonyl (C=O) groups excluding carboxylic acids is 1. The average Bonchev–Trinajstić information content (AvgIpc) is 2.40. The standard InChI is InChI=1S/C14H13FN2O2/c15-11-3-1-9(2-4-11)14(19)17-8-10-7-12(16)5-6-13(10)18/h1-7,18H,8,16H2,(H,17,19). The minimum Gasteiger partial charge on any atom is -0.508 e. The zero-order valence-electron chi connectivity index (χ0n) is 10.1. The van der Waals surface area contributed by atoms with E-state index in [1.165, 1.54) is 30.3 Å². The van der Waals surface area contributed by atoms with Crippen molar-refractivity contribution in [3.8, 4) is 5.75 Å². The molecule has 4 nitrogen and oxygen atoms in total. The van der Waals surface area contributed by atoms with E-state index in [9.17, 15) is 14.3 Å². The number of rotatable bonds is 3. The number of hydrogen-bond donors (Lipinski definition) is 3. The van der Waals surface area contributed by atoms with Gasteiger partial charge in [0.1, 0.15) is 11.6 Å². The Kier molecular flexibility index (Phi) is 3.66. The minimum absolute atomic E-state index is 0.0635. The molecule has 0 unspecified atom stereocenters. The molecule has 0 atom stereocenters. The van der Waals surface area contributed by atoms with Crippen LogP contribution in [0.2, 0.25) is 0 Å². The van der Waals surface area contributed by atoms with Crippen LogP contribution in [0.4, 0.5) is 10.1 Å². The van der Waals surface area contributed by atoms with E-state index in [1.54, 1.807) is 12.1 Å². The number of anilines is 1. The van der Waals surface area contributed by atoms with Gasteiger partial charge in [-0.2, -0.15) is 0 Å². The molecule has 2 aromatic rings. The summed E-state index contributed by atoms with van der Waals surface area (Å²) in [5.74, 6) is -0.680. The highest BCUT2D eigenvalue weighted by Gasteiger charge is 2.07. The highest BCUT2D eigenvalue weighted by molar-refractivity contribution is 5.94. The van der Waals surface area contributed by atoms with E-state index in [2.05, 4.69) is 5.32 Å². The van der Waals surface area contributed by atoms with Crippen LogP contribution >= 0.6 is 0 Å². The summed E-state index contributed by atoms with van der Waals surface area (Å²) in [6.07, 6.45) is 0. The van der Waals surface area contributed by atoms with Gasteiger partial charge in [0.2, 0.25) is 0 Å². The first-order chi connectivity index (χ1) is 9.06. The number of carbonyl (C=O) groups is 1. The van der Waals surface area contributed by atoms with Crippen LogP contribution in [0.3, 0.4) is 0 Å². The first-order valence-electron chi connectivity index (χ1n) is 5.67. The monoisotopic (exact) mass is 260 g/mol. The summed E-state index contributed by atoms with van der Waals surface area (Å²) < 4.78 is 12.7. The molecule has 4 N–H and O–H groups in total. The van der Waals surface area contributed by atoms with Crippen LogP contribution in [-0.4, -0.2) is 11.0 Å². The lowest BCUT2D eigenvalue weighted by atomic mass is 10.1. The number of benzene rings is 2. The van der Waals surface area contributed by atoms with Gasteiger partial charge in [0.25, 0.3) is 5.91 Å². The molecule has 0 saturated heterocycles. The van der Waals surface area contributed by atoms with Crippen molar-refractivity contribution in [3.05, 3.63) is 59.4 Å². The number of nitrogens with one attached hydrogen (secondary N) is 1. The highest BCUT2D eigenvalue weighted by atomic mass is 19.1. The van der Waals surface area contributed by atoms with E-state index < -0.39 is 5.82 Å². The quantitative estimate of drug-likeness (QED) is 0.584. The fourth-order valence-electron chi connectivity index (χ4n) is 1.63. The van der Waals surface area contributed by atoms with Crippen molar-refractivity contribution in [2.45, 2.75) is 6.54 Å². The third-order valence-electron chi connectivity index (χ3n) is 2.65. The van der Waals surface area contributed by atoms with Crippen molar-refractivity contribution in [3.63, 3.8) is 0 Å². The number of amides is 1. The summed E-state index contributed by atoms with van der Waals surface area (Å²) in [6, 6.07) is 9.84. The van der Waals surface area contributed by atoms with Gasteiger partial charge in [-0.25, -0.2) is 4.39 Å². The Bertz CT molecular complexity index is 597. The van der Waals surface area contributed by atoms with E-state index in [1.807, 2.05) is 0 Å². The molecule has 0 bridgehead atoms. The lowest BCUT2D eigenvalue weighted by Crippen LogP contribution is -2.22. The molecule has 1 amide bonds. The zero-order chi connectivity index (χ0) is 13.8. The smallest absolute Gasteiger partial charge is 0.251 e. The predicted molar refractivity (Wildman–Crippen MR) is 70.1 cm³/mol. The molecule has 0 spiro atoms. The van der Waals surface area contributed by atoms with Gasteiger partial charge in [-0.3, -0.25) is 4.79 Å². The van der Waals surface area contributed by atoms with Gasteiger partial charge in [0, 0.05) is 23.4 Å². The Balaban J connectivity index is 2.04. The normalized spacial score (nSPS) is 10.2. The second-order valence-corrected chi connectivity index (χ2v) is 4.08. The summed E-state index contributed by atoms with van der Waals surface area (Å²) >= 11 is 0. The number of nitrogens with two attached hydrogens (primary N) is 1. The van der Waals surface area contributed by atoms with Crippen molar-refractivity contribution >= 4 is 11.6 Å². The number of aromatic hydroxyl groups is 1. The molecule has 0 heterocycles. The van der Waals surface area contributed by atoms with Crippen LogP contribution in [0, 0.1) is 5.82 Å². The Morgan fingerprint density at radius 1 is 1.21 bits per heavy atom. The fourth-order valence-corrected chi connectivity index (χ4v) is 1.63. The third-order valence-corrected chi connectivity index (χ3v) is 2.65. The summed E-state index contributed by atoms with van der Waals surface area (Å²) in [7, 11) is 0. The maximum atomic E-state index is 12.7. The Labute approximate surface area is 109 Å². The molecule has 0 aliphatic carbocycles. The van der Waals surface area contributed by atoms with E-state index in [4.69, 9.17) is 5.73 Å². The van der Waals surface area contributed by atoms with Crippen molar-refractivity contribution in [2.24, 2.45) is 0 Å². The SMILES string of the molecule is Nc1ccc(O)c(CNC(=O)c2ccc(F)cc2)c1. The lowest BCUT2D eigenvalue weighted by molar-refractivity contribution is 0.0950. The zero-order valence-corrected chi connectivity index (χ0v) is 10.1. The van der Waals surface area contributed by atoms with Crippen molar-refractivity contribution in [1.82, 2.24) is 5.32 Å². The molecule has 19 heavy (non-hydrogen) atoms. The molecule has 5 heteroatoms. The molecule has 0 fully saturated rings. The molecule has 0 saturated carbocycles. The Hall–Kier alpha value is -2.56. The Morgan fingerprint density at radius 3 is 2.58 bits per heavy atom. The van der Waals surface area contributed by atoms with E-state index in [-0.39, 0.29) is 18.2 Å². The van der Waals surface area contributed by atoms with Crippen molar-refractivity contribution in [1.29, 1.82) is 0 Å². The number of hydrogen-bond acceptors (Lipinski definition) is 3. The maximum Gasteiger partial charge on any atom is 0.251 e. The van der Waals surface area contributed by atoms with Crippen LogP contribution in [0.1, 0.15) is 15.9 Å². The molecule has 98 valence electrons. The molecule has 0 radical (unpaired) electrons. The van der Waals surface area contributed by atoms with Gasteiger partial charge in [-0.15, -0.1) is 0 Å². The molecule has 0 aromatic heterocycles. The van der Waals surface area contributed by atoms with E-state index in [0.29, 0.717) is 16.8 Å². The molecular weight excluding hydrogens is 247 g/mol. The summed E-state index contributed by atoms with van der Waals surface area (Å²) in [6.45, 7) is 0.146. The number of phenols is 1. The average molecular weight is 260 g/mol. The summed E-state index contributed by atoms with van der Waals surface area (Å²) in [5, 5.41) is 12.2. The topological polar surface area (TPSA) is 75.3 Å². The largest absolute Gasteiger partial charge is 0.508 e. The fraction of sp³-hybridized carbons (Fsp3) is 0.0714. The van der Waals surface area contributed by atoms with Crippen LogP contribution in [0.15, 0.2) is 42.5 Å². The van der Waals surface area contributed by atoms with Crippen LogP contribution < -0.4 is 11.1 Å². The van der Waals surface area contributed by atoms with Crippen LogP contribution in [0.5, 0.6) is 5.75 Å². The summed E-state index contributed by atoms with van der Waals surface area (Å²) in [4.78, 5) is 11.8. The van der Waals surface area contributed by atoms with E-state index >= 15 is 0 Å². The molecule has 0 aliphatic rings. The van der Waals surface area contributed by atoms with E-state index in [0.717, 1.165) is 0 Å². The first-order valence-corrected chi connectivity index (χ1v) is 5.67.